The number of benzene rings is 2. The van der Waals surface area contributed by atoms with Crippen molar-refractivity contribution in [1.29, 1.82) is 5.41 Å². The van der Waals surface area contributed by atoms with Gasteiger partial charge in [0.05, 0.1) is 21.1 Å². The molecule has 0 unspecified atom stereocenters. The van der Waals surface area contributed by atoms with Crippen molar-refractivity contribution in [3.8, 4) is 5.69 Å². The first-order chi connectivity index (χ1) is 16.2. The van der Waals surface area contributed by atoms with Gasteiger partial charge in [0.25, 0.3) is 0 Å². The van der Waals surface area contributed by atoms with Gasteiger partial charge >= 0.3 is 5.69 Å². The molecule has 0 spiro atoms. The van der Waals surface area contributed by atoms with Gasteiger partial charge in [0.2, 0.25) is 5.95 Å². The zero-order chi connectivity index (χ0) is 24.1. The summed E-state index contributed by atoms with van der Waals surface area (Å²) < 4.78 is 2.54. The Morgan fingerprint density at radius 3 is 2.53 bits per heavy atom. The molecule has 8 nitrogen and oxygen atoms in total. The molecule has 1 aliphatic carbocycles. The van der Waals surface area contributed by atoms with Crippen molar-refractivity contribution in [2.75, 3.05) is 19.4 Å². The molecule has 2 N–H and O–H groups in total. The fraction of sp³-hybridized carbons (Fsp3) is 0.250. The topological polar surface area (TPSA) is 91.8 Å². The van der Waals surface area contributed by atoms with Crippen molar-refractivity contribution in [3.63, 3.8) is 0 Å². The van der Waals surface area contributed by atoms with E-state index in [1.54, 1.807) is 25.2 Å². The highest BCUT2D eigenvalue weighted by Crippen LogP contribution is 2.29. The van der Waals surface area contributed by atoms with Gasteiger partial charge in [-0.1, -0.05) is 35.3 Å². The average Bonchev–Trinajstić information content (AvgIpc) is 3.23. The van der Waals surface area contributed by atoms with Crippen LogP contribution < -0.4 is 16.5 Å². The van der Waals surface area contributed by atoms with E-state index in [-0.39, 0.29) is 21.2 Å². The molecule has 0 saturated carbocycles. The molecule has 2 heterocycles. The van der Waals surface area contributed by atoms with Crippen molar-refractivity contribution in [2.24, 2.45) is 7.05 Å². The number of nitrogens with one attached hydrogen (secondary N) is 2. The summed E-state index contributed by atoms with van der Waals surface area (Å²) in [7, 11) is 5.80. The van der Waals surface area contributed by atoms with Crippen LogP contribution in [-0.2, 0) is 19.9 Å². The van der Waals surface area contributed by atoms with Crippen LogP contribution in [0.1, 0.15) is 11.1 Å². The number of halogens is 2. The maximum atomic E-state index is 13.2. The van der Waals surface area contributed by atoms with Crippen LogP contribution in [0.25, 0.3) is 16.7 Å². The summed E-state index contributed by atoms with van der Waals surface area (Å²) in [5.74, 6) is 0.345. The number of anilines is 2. The fourth-order valence-electron chi connectivity index (χ4n) is 4.39. The number of nitrogens with zero attached hydrogens (tertiary/aromatic N) is 5. The lowest BCUT2D eigenvalue weighted by molar-refractivity contribution is 0.303. The van der Waals surface area contributed by atoms with E-state index in [0.717, 1.165) is 18.5 Å². The molecule has 1 aliphatic rings. The minimum Gasteiger partial charge on any atom is -0.324 e. The maximum Gasteiger partial charge on any atom is 0.335 e. The van der Waals surface area contributed by atoms with Gasteiger partial charge in [-0.05, 0) is 62.3 Å². The molecule has 0 saturated heterocycles. The molecule has 174 valence electrons. The van der Waals surface area contributed by atoms with E-state index in [2.05, 4.69) is 46.4 Å². The lowest BCUT2D eigenvalue weighted by Crippen LogP contribution is -2.38. The Bertz CT molecular complexity index is 1540. The van der Waals surface area contributed by atoms with Crippen LogP contribution in [0.3, 0.4) is 0 Å². The smallest absolute Gasteiger partial charge is 0.324 e. The molecule has 10 heteroatoms. The van der Waals surface area contributed by atoms with Crippen LogP contribution in [0.5, 0.6) is 0 Å². The van der Waals surface area contributed by atoms with Crippen molar-refractivity contribution < 1.29 is 0 Å². The zero-order valence-corrected chi connectivity index (χ0v) is 20.4. The summed E-state index contributed by atoms with van der Waals surface area (Å²) in [4.78, 5) is 24.4. The zero-order valence-electron chi connectivity index (χ0n) is 18.9. The van der Waals surface area contributed by atoms with Gasteiger partial charge in [0, 0.05) is 25.0 Å². The first kappa shape index (κ1) is 22.6. The van der Waals surface area contributed by atoms with Crippen molar-refractivity contribution in [3.05, 3.63) is 79.7 Å². The Labute approximate surface area is 205 Å². The number of aromatic nitrogens is 4. The minimum atomic E-state index is -0.482. The predicted octanol–water partition coefficient (Wildman–Crippen LogP) is 3.68. The standard InChI is InChI=1S/C24H23Cl2N7O/c1-31(2)16-10-13-7-8-15(9-14(13)11-16)29-23-28-12-17-21(27)33(24(34)32(3)22(17)30-23)20-18(25)5-4-6-19(20)26/h4-9,12,16,27H,10-11H2,1-3H3,(H,28,29,30)/t16-/m0/s1. The molecule has 1 atom stereocenters. The first-order valence-electron chi connectivity index (χ1n) is 10.8. The number of hydrogen-bond donors (Lipinski definition) is 2. The molecule has 2 aromatic carbocycles. The quantitative estimate of drug-likeness (QED) is 0.450. The second-order valence-corrected chi connectivity index (χ2v) is 9.48. The average molecular weight is 496 g/mol. The van der Waals surface area contributed by atoms with E-state index in [1.165, 1.54) is 26.5 Å². The monoisotopic (exact) mass is 495 g/mol. The second-order valence-electron chi connectivity index (χ2n) is 8.66. The van der Waals surface area contributed by atoms with Gasteiger partial charge in [0.1, 0.15) is 5.49 Å². The Hall–Kier alpha value is -3.20. The van der Waals surface area contributed by atoms with Crippen LogP contribution in [0.4, 0.5) is 11.6 Å². The molecule has 0 bridgehead atoms. The lowest BCUT2D eigenvalue weighted by atomic mass is 10.1. The number of likely N-dealkylation sites (N-methyl/N-ethyl adjacent to an activating group) is 1. The number of para-hydroxylation sites is 1. The van der Waals surface area contributed by atoms with Gasteiger partial charge < -0.3 is 10.2 Å². The third-order valence-corrected chi connectivity index (χ3v) is 6.92. The molecular formula is C24H23Cl2N7O. The summed E-state index contributed by atoms with van der Waals surface area (Å²) in [6.07, 6.45) is 3.57. The van der Waals surface area contributed by atoms with Crippen molar-refractivity contribution >= 4 is 45.9 Å². The maximum absolute atomic E-state index is 13.2. The Morgan fingerprint density at radius 1 is 1.12 bits per heavy atom. The molecule has 0 fully saturated rings. The van der Waals surface area contributed by atoms with E-state index in [1.807, 2.05) is 6.07 Å². The molecule has 2 aromatic heterocycles. The third kappa shape index (κ3) is 3.77. The number of fused-ring (bicyclic) bond motifs is 2. The molecule has 0 amide bonds. The normalized spacial score (nSPS) is 15.2. The SMILES string of the molecule is CN(C)[C@H]1Cc2ccc(Nc3ncc4c(=N)n(-c5c(Cl)cccc5Cl)c(=O)n(C)c4n3)cc2C1. The predicted molar refractivity (Wildman–Crippen MR) is 135 cm³/mol. The van der Waals surface area contributed by atoms with Crippen LogP contribution in [0.2, 0.25) is 10.0 Å². The van der Waals surface area contributed by atoms with E-state index in [9.17, 15) is 4.79 Å². The second kappa shape index (κ2) is 8.54. The summed E-state index contributed by atoms with van der Waals surface area (Å²) >= 11 is 12.6. The fourth-order valence-corrected chi connectivity index (χ4v) is 4.96. The molecule has 5 rings (SSSR count). The Kier molecular flexibility index (Phi) is 5.67. The first-order valence-corrected chi connectivity index (χ1v) is 11.5. The molecule has 34 heavy (non-hydrogen) atoms. The van der Waals surface area contributed by atoms with Crippen LogP contribution >= 0.6 is 23.2 Å². The minimum absolute atomic E-state index is 0.0908. The Morgan fingerprint density at radius 2 is 1.82 bits per heavy atom. The summed E-state index contributed by atoms with van der Waals surface area (Å²) in [6, 6.07) is 11.7. The van der Waals surface area contributed by atoms with E-state index >= 15 is 0 Å². The highest BCUT2D eigenvalue weighted by Gasteiger charge is 2.23. The lowest BCUT2D eigenvalue weighted by Gasteiger charge is -2.17. The summed E-state index contributed by atoms with van der Waals surface area (Å²) in [6.45, 7) is 0. The largest absolute Gasteiger partial charge is 0.335 e. The van der Waals surface area contributed by atoms with Crippen molar-refractivity contribution in [2.45, 2.75) is 18.9 Å². The van der Waals surface area contributed by atoms with Crippen LogP contribution in [-0.4, -0.2) is 44.1 Å². The van der Waals surface area contributed by atoms with Gasteiger partial charge in [-0.25, -0.2) is 14.3 Å². The highest BCUT2D eigenvalue weighted by atomic mass is 35.5. The van der Waals surface area contributed by atoms with E-state index in [0.29, 0.717) is 23.0 Å². The van der Waals surface area contributed by atoms with Gasteiger partial charge in [-0.15, -0.1) is 0 Å². The number of aryl methyl sites for hydroxylation is 1. The molecular weight excluding hydrogens is 473 g/mol. The van der Waals surface area contributed by atoms with Crippen LogP contribution in [0, 0.1) is 5.41 Å². The van der Waals surface area contributed by atoms with E-state index < -0.39 is 5.69 Å². The van der Waals surface area contributed by atoms with Gasteiger partial charge in [0.15, 0.2) is 5.65 Å². The number of hydrogen-bond acceptors (Lipinski definition) is 6. The summed E-state index contributed by atoms with van der Waals surface area (Å²) in [5.41, 5.74) is 3.56. The Balaban J connectivity index is 1.55. The van der Waals surface area contributed by atoms with Gasteiger partial charge in [-0.3, -0.25) is 9.98 Å². The van der Waals surface area contributed by atoms with Crippen LogP contribution in [0.15, 0.2) is 47.4 Å². The van der Waals surface area contributed by atoms with Crippen molar-refractivity contribution in [1.82, 2.24) is 24.0 Å². The number of rotatable bonds is 4. The summed E-state index contributed by atoms with van der Waals surface area (Å²) in [5, 5.41) is 12.8. The third-order valence-electron chi connectivity index (χ3n) is 6.31. The highest BCUT2D eigenvalue weighted by molar-refractivity contribution is 6.37. The molecule has 4 aromatic rings. The molecule has 0 aliphatic heterocycles. The van der Waals surface area contributed by atoms with E-state index in [4.69, 9.17) is 28.6 Å². The van der Waals surface area contributed by atoms with Gasteiger partial charge in [-0.2, -0.15) is 4.98 Å². The molecule has 0 radical (unpaired) electrons.